The van der Waals surface area contributed by atoms with E-state index < -0.39 is 0 Å². The van der Waals surface area contributed by atoms with E-state index >= 15 is 0 Å². The van der Waals surface area contributed by atoms with Crippen LogP contribution in [0.2, 0.25) is 0 Å². The summed E-state index contributed by atoms with van der Waals surface area (Å²) in [6, 6.07) is 17.9. The third-order valence-corrected chi connectivity index (χ3v) is 5.22. The molecule has 0 unspecified atom stereocenters. The number of carbonyl (C=O) groups excluding carboxylic acids is 1. The van der Waals surface area contributed by atoms with Gasteiger partial charge in [0.2, 0.25) is 0 Å². The number of ether oxygens (including phenoxy) is 1. The van der Waals surface area contributed by atoms with Gasteiger partial charge in [0.05, 0.1) is 0 Å². The first kappa shape index (κ1) is 19.2. The van der Waals surface area contributed by atoms with Crippen LogP contribution < -0.4 is 15.0 Å². The number of anilines is 1. The average Bonchev–Trinajstić information content (AvgIpc) is 2.77. The van der Waals surface area contributed by atoms with Crippen molar-refractivity contribution in [3.05, 3.63) is 66.4 Å². The largest absolute Gasteiger partial charge is 0.484 e. The number of fused-ring (bicyclic) bond motifs is 1. The summed E-state index contributed by atoms with van der Waals surface area (Å²) in [5, 5.41) is 5.13. The molecular weight excluding hydrogens is 364 g/mol. The summed E-state index contributed by atoms with van der Waals surface area (Å²) < 4.78 is 5.63. The van der Waals surface area contributed by atoms with Crippen molar-refractivity contribution >= 4 is 22.5 Å². The monoisotopic (exact) mass is 390 g/mol. The van der Waals surface area contributed by atoms with Crippen LogP contribution in [0.1, 0.15) is 5.56 Å². The summed E-state index contributed by atoms with van der Waals surface area (Å²) >= 11 is 0. The van der Waals surface area contributed by atoms with Crippen molar-refractivity contribution in [2.75, 3.05) is 44.7 Å². The fourth-order valence-electron chi connectivity index (χ4n) is 3.40. The molecule has 0 saturated carbocycles. The highest BCUT2D eigenvalue weighted by atomic mass is 16.5. The van der Waals surface area contributed by atoms with Crippen molar-refractivity contribution in [3.8, 4) is 5.75 Å². The van der Waals surface area contributed by atoms with Gasteiger partial charge < -0.3 is 19.9 Å². The standard InChI is InChI=1S/C23H26N4O2/c1-26-10-12-27(13-11-26)22-9-6-18(15-24-22)16-25-23(28)17-29-21-8-7-19-4-2-3-5-20(19)14-21/h2-9,14-15H,10-13,16-17H2,1H3,(H,25,28). The highest BCUT2D eigenvalue weighted by Crippen LogP contribution is 2.20. The minimum atomic E-state index is -0.152. The van der Waals surface area contributed by atoms with Crippen molar-refractivity contribution in [1.29, 1.82) is 0 Å². The van der Waals surface area contributed by atoms with Crippen LogP contribution >= 0.6 is 0 Å². The van der Waals surface area contributed by atoms with Gasteiger partial charge in [-0.25, -0.2) is 4.98 Å². The molecule has 6 heteroatoms. The Balaban J connectivity index is 1.24. The number of piperazine rings is 1. The van der Waals surface area contributed by atoms with E-state index in [1.165, 1.54) is 0 Å². The molecule has 0 aliphatic carbocycles. The lowest BCUT2D eigenvalue weighted by Crippen LogP contribution is -2.44. The number of hydrogen-bond acceptors (Lipinski definition) is 5. The van der Waals surface area contributed by atoms with E-state index in [1.54, 1.807) is 0 Å². The first-order valence-electron chi connectivity index (χ1n) is 9.94. The van der Waals surface area contributed by atoms with Crippen LogP contribution in [0.3, 0.4) is 0 Å². The van der Waals surface area contributed by atoms with Crippen LogP contribution in [0.5, 0.6) is 5.75 Å². The molecule has 3 aromatic rings. The molecular formula is C23H26N4O2. The van der Waals surface area contributed by atoms with Crippen molar-refractivity contribution in [1.82, 2.24) is 15.2 Å². The molecule has 1 amide bonds. The Bertz CT molecular complexity index is 966. The molecule has 2 heterocycles. The molecule has 150 valence electrons. The smallest absolute Gasteiger partial charge is 0.258 e. The molecule has 1 fully saturated rings. The second-order valence-corrected chi connectivity index (χ2v) is 7.39. The van der Waals surface area contributed by atoms with E-state index in [4.69, 9.17) is 4.74 Å². The fraction of sp³-hybridized carbons (Fsp3) is 0.304. The molecule has 0 bridgehead atoms. The second kappa shape index (κ2) is 8.92. The highest BCUT2D eigenvalue weighted by Gasteiger charge is 2.15. The van der Waals surface area contributed by atoms with E-state index in [2.05, 4.69) is 33.2 Å². The normalized spacial score (nSPS) is 14.7. The van der Waals surface area contributed by atoms with E-state index in [1.807, 2.05) is 54.7 Å². The van der Waals surface area contributed by atoms with E-state index in [0.29, 0.717) is 12.3 Å². The van der Waals surface area contributed by atoms with Gasteiger partial charge in [0.15, 0.2) is 6.61 Å². The van der Waals surface area contributed by atoms with Crippen molar-refractivity contribution in [3.63, 3.8) is 0 Å². The topological polar surface area (TPSA) is 57.7 Å². The minimum Gasteiger partial charge on any atom is -0.484 e. The van der Waals surface area contributed by atoms with Crippen LogP contribution in [0.15, 0.2) is 60.8 Å². The number of likely N-dealkylation sites (N-methyl/N-ethyl adjacent to an activating group) is 1. The maximum absolute atomic E-state index is 12.1. The molecule has 0 spiro atoms. The van der Waals surface area contributed by atoms with E-state index in [9.17, 15) is 4.79 Å². The number of carbonyl (C=O) groups is 1. The third kappa shape index (κ3) is 5.03. The number of amides is 1. The molecule has 0 radical (unpaired) electrons. The molecule has 0 atom stereocenters. The molecule has 29 heavy (non-hydrogen) atoms. The Labute approximate surface area is 171 Å². The lowest BCUT2D eigenvalue weighted by atomic mass is 10.1. The van der Waals surface area contributed by atoms with Crippen LogP contribution in [0.4, 0.5) is 5.82 Å². The number of aromatic nitrogens is 1. The summed E-state index contributed by atoms with van der Waals surface area (Å²) in [5.41, 5.74) is 0.974. The molecule has 2 aromatic carbocycles. The predicted molar refractivity (Wildman–Crippen MR) is 115 cm³/mol. The Morgan fingerprint density at radius 3 is 2.59 bits per heavy atom. The molecule has 4 rings (SSSR count). The van der Waals surface area contributed by atoms with Crippen molar-refractivity contribution in [2.24, 2.45) is 0 Å². The SMILES string of the molecule is CN1CCN(c2ccc(CNC(=O)COc3ccc4ccccc4c3)cn2)CC1. The number of benzene rings is 2. The summed E-state index contributed by atoms with van der Waals surface area (Å²) in [4.78, 5) is 21.3. The van der Waals surface area contributed by atoms with Crippen LogP contribution in [-0.2, 0) is 11.3 Å². The molecule has 1 saturated heterocycles. The minimum absolute atomic E-state index is 0.00878. The maximum Gasteiger partial charge on any atom is 0.258 e. The first-order valence-corrected chi connectivity index (χ1v) is 9.94. The van der Waals surface area contributed by atoms with Crippen molar-refractivity contribution < 1.29 is 9.53 Å². The molecule has 1 aliphatic heterocycles. The zero-order chi connectivity index (χ0) is 20.1. The van der Waals surface area contributed by atoms with Gasteiger partial charge in [-0.05, 0) is 41.6 Å². The zero-order valence-corrected chi connectivity index (χ0v) is 16.7. The Kier molecular flexibility index (Phi) is 5.91. The average molecular weight is 390 g/mol. The fourth-order valence-corrected chi connectivity index (χ4v) is 3.40. The van der Waals surface area contributed by atoms with Gasteiger partial charge in [-0.2, -0.15) is 0 Å². The molecule has 1 N–H and O–H groups in total. The Morgan fingerprint density at radius 2 is 1.83 bits per heavy atom. The molecule has 1 aromatic heterocycles. The van der Waals surface area contributed by atoms with Gasteiger partial charge >= 0.3 is 0 Å². The number of hydrogen-bond donors (Lipinski definition) is 1. The van der Waals surface area contributed by atoms with Crippen LogP contribution in [0, 0.1) is 0 Å². The zero-order valence-electron chi connectivity index (χ0n) is 16.7. The van der Waals surface area contributed by atoms with Crippen LogP contribution in [-0.4, -0.2) is 55.6 Å². The second-order valence-electron chi connectivity index (χ2n) is 7.39. The number of pyridine rings is 1. The van der Waals surface area contributed by atoms with Gasteiger partial charge in [-0.3, -0.25) is 4.79 Å². The lowest BCUT2D eigenvalue weighted by Gasteiger charge is -2.33. The summed E-state index contributed by atoms with van der Waals surface area (Å²) in [6.07, 6.45) is 1.83. The van der Waals surface area contributed by atoms with Gasteiger partial charge in [0, 0.05) is 38.9 Å². The van der Waals surface area contributed by atoms with E-state index in [-0.39, 0.29) is 12.5 Å². The lowest BCUT2D eigenvalue weighted by molar-refractivity contribution is -0.123. The summed E-state index contributed by atoms with van der Waals surface area (Å²) in [6.45, 7) is 4.52. The summed E-state index contributed by atoms with van der Waals surface area (Å²) in [5.74, 6) is 1.53. The Morgan fingerprint density at radius 1 is 1.03 bits per heavy atom. The third-order valence-electron chi connectivity index (χ3n) is 5.22. The maximum atomic E-state index is 12.1. The van der Waals surface area contributed by atoms with Gasteiger partial charge in [0.1, 0.15) is 11.6 Å². The first-order chi connectivity index (χ1) is 14.2. The Hall–Kier alpha value is -3.12. The molecule has 1 aliphatic rings. The quantitative estimate of drug-likeness (QED) is 0.701. The number of nitrogens with one attached hydrogen (secondary N) is 1. The summed E-state index contributed by atoms with van der Waals surface area (Å²) in [7, 11) is 2.14. The predicted octanol–water partition coefficient (Wildman–Crippen LogP) is 2.68. The van der Waals surface area contributed by atoms with Crippen molar-refractivity contribution in [2.45, 2.75) is 6.54 Å². The number of nitrogens with zero attached hydrogens (tertiary/aromatic N) is 3. The number of rotatable bonds is 6. The molecule has 6 nitrogen and oxygen atoms in total. The van der Waals surface area contributed by atoms with Gasteiger partial charge in [-0.15, -0.1) is 0 Å². The van der Waals surface area contributed by atoms with E-state index in [0.717, 1.165) is 48.3 Å². The van der Waals surface area contributed by atoms with Gasteiger partial charge in [0.25, 0.3) is 5.91 Å². The highest BCUT2D eigenvalue weighted by molar-refractivity contribution is 5.84. The van der Waals surface area contributed by atoms with Crippen LogP contribution in [0.25, 0.3) is 10.8 Å². The van der Waals surface area contributed by atoms with Gasteiger partial charge in [-0.1, -0.05) is 36.4 Å².